The molecule has 0 aliphatic rings. The summed E-state index contributed by atoms with van der Waals surface area (Å²) >= 11 is 1.82. The number of thiazole rings is 1. The first-order chi connectivity index (χ1) is 9.77. The minimum Gasteiger partial charge on any atom is -0.305 e. The molecule has 0 spiro atoms. The molecule has 2 heterocycles. The van der Waals surface area contributed by atoms with E-state index in [0.717, 1.165) is 12.2 Å². The predicted octanol–water partition coefficient (Wildman–Crippen LogP) is 3.08. The molecule has 2 rings (SSSR count). The summed E-state index contributed by atoms with van der Waals surface area (Å²) in [5.41, 5.74) is 1.25. The number of aryl methyl sites for hydroxylation is 1. The fourth-order valence-electron chi connectivity index (χ4n) is 2.29. The third-order valence-electron chi connectivity index (χ3n) is 3.33. The van der Waals surface area contributed by atoms with E-state index in [1.165, 1.54) is 9.88 Å². The largest absolute Gasteiger partial charge is 0.305 e. The lowest BCUT2D eigenvalue weighted by Gasteiger charge is -2.19. The molecule has 0 saturated heterocycles. The van der Waals surface area contributed by atoms with Crippen molar-refractivity contribution in [2.24, 2.45) is 0 Å². The average molecular weight is 307 g/mol. The monoisotopic (exact) mass is 307 g/mol. The summed E-state index contributed by atoms with van der Waals surface area (Å²) in [4.78, 5) is 10.0. The Kier molecular flexibility index (Phi) is 4.78. The highest BCUT2D eigenvalue weighted by Gasteiger charge is 2.23. The second-order valence-corrected chi connectivity index (χ2v) is 7.66. The molecule has 0 saturated carbocycles. The third kappa shape index (κ3) is 4.11. The van der Waals surface area contributed by atoms with Gasteiger partial charge in [0.1, 0.15) is 12.7 Å². The van der Waals surface area contributed by atoms with E-state index in [1.54, 1.807) is 12.7 Å². The molecule has 0 aliphatic carbocycles. The first-order valence-corrected chi connectivity index (χ1v) is 8.15. The van der Waals surface area contributed by atoms with Gasteiger partial charge in [0.2, 0.25) is 0 Å². The summed E-state index contributed by atoms with van der Waals surface area (Å²) in [6, 6.07) is 0.610. The van der Waals surface area contributed by atoms with Crippen molar-refractivity contribution in [1.29, 1.82) is 0 Å². The Morgan fingerprint density at radius 1 is 1.33 bits per heavy atom. The smallest absolute Gasteiger partial charge is 0.137 e. The molecule has 116 valence electrons. The molecule has 0 bridgehead atoms. The van der Waals surface area contributed by atoms with Crippen molar-refractivity contribution in [2.45, 2.75) is 65.6 Å². The van der Waals surface area contributed by atoms with Gasteiger partial charge in [-0.15, -0.1) is 11.3 Å². The molecule has 2 atom stereocenters. The minimum absolute atomic E-state index is 0.111. The molecule has 2 aromatic rings. The van der Waals surface area contributed by atoms with E-state index < -0.39 is 0 Å². The van der Waals surface area contributed by atoms with E-state index in [2.05, 4.69) is 56.9 Å². The van der Waals surface area contributed by atoms with Gasteiger partial charge in [0.05, 0.1) is 17.2 Å². The molecule has 21 heavy (non-hydrogen) atoms. The van der Waals surface area contributed by atoms with Crippen LogP contribution < -0.4 is 5.32 Å². The van der Waals surface area contributed by atoms with Crippen LogP contribution in [0.1, 0.15) is 56.2 Å². The van der Waals surface area contributed by atoms with Crippen molar-refractivity contribution in [3.8, 4) is 0 Å². The zero-order valence-electron chi connectivity index (χ0n) is 13.7. The predicted molar refractivity (Wildman–Crippen MR) is 86.6 cm³/mol. The van der Waals surface area contributed by atoms with Crippen LogP contribution in [0.3, 0.4) is 0 Å². The number of hydrogen-bond acceptors (Lipinski definition) is 5. The SMILES string of the molecule is Cc1nc(C(C)(C)C)sc1[C@@H](C)N[C@@H](C)Cn1cncn1. The molecule has 0 fully saturated rings. The lowest BCUT2D eigenvalue weighted by molar-refractivity contribution is 0.414. The van der Waals surface area contributed by atoms with Gasteiger partial charge >= 0.3 is 0 Å². The highest BCUT2D eigenvalue weighted by Crippen LogP contribution is 2.32. The Hall–Kier alpha value is -1.27. The highest BCUT2D eigenvalue weighted by molar-refractivity contribution is 7.12. The van der Waals surface area contributed by atoms with Gasteiger partial charge in [-0.25, -0.2) is 9.97 Å². The summed E-state index contributed by atoms with van der Waals surface area (Å²) in [5.74, 6) is 0. The average Bonchev–Trinajstić information content (AvgIpc) is 2.97. The molecule has 1 N–H and O–H groups in total. The Labute approximate surface area is 130 Å². The van der Waals surface area contributed by atoms with Crippen LogP contribution >= 0.6 is 11.3 Å². The zero-order valence-corrected chi connectivity index (χ0v) is 14.5. The minimum atomic E-state index is 0.111. The second kappa shape index (κ2) is 6.23. The lowest BCUT2D eigenvalue weighted by Crippen LogP contribution is -2.32. The maximum atomic E-state index is 4.74. The number of nitrogens with one attached hydrogen (secondary N) is 1. The van der Waals surface area contributed by atoms with Crippen LogP contribution in [0.25, 0.3) is 0 Å². The van der Waals surface area contributed by atoms with E-state index >= 15 is 0 Å². The number of rotatable bonds is 5. The highest BCUT2D eigenvalue weighted by atomic mass is 32.1. The van der Waals surface area contributed by atoms with Crippen molar-refractivity contribution in [1.82, 2.24) is 25.1 Å². The van der Waals surface area contributed by atoms with Crippen LogP contribution in [0.2, 0.25) is 0 Å². The van der Waals surface area contributed by atoms with Gasteiger partial charge in [0.25, 0.3) is 0 Å². The van der Waals surface area contributed by atoms with Crippen LogP contribution in [0.5, 0.6) is 0 Å². The van der Waals surface area contributed by atoms with Crippen LogP contribution in [0.15, 0.2) is 12.7 Å². The van der Waals surface area contributed by atoms with Crippen molar-refractivity contribution in [3.05, 3.63) is 28.2 Å². The van der Waals surface area contributed by atoms with Gasteiger partial charge < -0.3 is 5.32 Å². The molecule has 6 heteroatoms. The summed E-state index contributed by atoms with van der Waals surface area (Å²) in [5, 5.41) is 8.97. The van der Waals surface area contributed by atoms with Gasteiger partial charge in [-0.05, 0) is 20.8 Å². The number of aromatic nitrogens is 4. The van der Waals surface area contributed by atoms with E-state index in [1.807, 2.05) is 16.0 Å². The van der Waals surface area contributed by atoms with E-state index in [-0.39, 0.29) is 11.5 Å². The quantitative estimate of drug-likeness (QED) is 0.922. The third-order valence-corrected chi connectivity index (χ3v) is 5.10. The zero-order chi connectivity index (χ0) is 15.6. The van der Waals surface area contributed by atoms with Crippen molar-refractivity contribution in [2.75, 3.05) is 0 Å². The van der Waals surface area contributed by atoms with Crippen molar-refractivity contribution in [3.63, 3.8) is 0 Å². The summed E-state index contributed by atoms with van der Waals surface area (Å²) in [6.45, 7) is 13.9. The van der Waals surface area contributed by atoms with Crippen LogP contribution in [-0.4, -0.2) is 25.8 Å². The fourth-order valence-corrected chi connectivity index (χ4v) is 3.43. The molecular weight excluding hydrogens is 282 g/mol. The van der Waals surface area contributed by atoms with Gasteiger partial charge in [-0.1, -0.05) is 20.8 Å². The molecule has 0 amide bonds. The van der Waals surface area contributed by atoms with Crippen LogP contribution in [0, 0.1) is 6.92 Å². The Bertz CT molecular complexity index is 567. The van der Waals surface area contributed by atoms with Crippen molar-refractivity contribution >= 4 is 11.3 Å². The Morgan fingerprint density at radius 3 is 2.57 bits per heavy atom. The van der Waals surface area contributed by atoms with Gasteiger partial charge in [-0.3, -0.25) is 4.68 Å². The van der Waals surface area contributed by atoms with Gasteiger partial charge in [0, 0.05) is 22.4 Å². The van der Waals surface area contributed by atoms with E-state index in [0.29, 0.717) is 6.04 Å². The maximum absolute atomic E-state index is 4.74. The Morgan fingerprint density at radius 2 is 2.05 bits per heavy atom. The fraction of sp³-hybridized carbons (Fsp3) is 0.667. The molecule has 0 aromatic carbocycles. The molecule has 5 nitrogen and oxygen atoms in total. The first kappa shape index (κ1) is 16.1. The first-order valence-electron chi connectivity index (χ1n) is 7.33. The van der Waals surface area contributed by atoms with Crippen LogP contribution in [0.4, 0.5) is 0 Å². The number of hydrogen-bond donors (Lipinski definition) is 1. The lowest BCUT2D eigenvalue weighted by atomic mass is 9.98. The molecular formula is C15H25N5S. The second-order valence-electron chi connectivity index (χ2n) is 6.63. The normalized spacial score (nSPS) is 15.1. The summed E-state index contributed by atoms with van der Waals surface area (Å²) in [7, 11) is 0. The molecule has 0 radical (unpaired) electrons. The standard InChI is InChI=1S/C15H25N5S/c1-10(7-20-9-16-8-17-20)18-11(2)13-12(3)19-14(21-13)15(4,5)6/h8-11,18H,7H2,1-6H3/t10-,11+/m0/s1. The Balaban J connectivity index is 2.03. The molecule has 0 unspecified atom stereocenters. The van der Waals surface area contributed by atoms with Crippen molar-refractivity contribution < 1.29 is 0 Å². The van der Waals surface area contributed by atoms with Crippen LogP contribution in [-0.2, 0) is 12.0 Å². The summed E-state index contributed by atoms with van der Waals surface area (Å²) < 4.78 is 1.85. The maximum Gasteiger partial charge on any atom is 0.137 e. The topological polar surface area (TPSA) is 55.6 Å². The summed E-state index contributed by atoms with van der Waals surface area (Å²) in [6.07, 6.45) is 3.32. The number of nitrogens with zero attached hydrogens (tertiary/aromatic N) is 4. The van der Waals surface area contributed by atoms with Gasteiger partial charge in [0.15, 0.2) is 0 Å². The molecule has 2 aromatic heterocycles. The molecule has 0 aliphatic heterocycles. The van der Waals surface area contributed by atoms with E-state index in [9.17, 15) is 0 Å². The van der Waals surface area contributed by atoms with Gasteiger partial charge in [-0.2, -0.15) is 5.10 Å². The van der Waals surface area contributed by atoms with E-state index in [4.69, 9.17) is 4.98 Å².